The molecule has 0 unspecified atom stereocenters. The van der Waals surface area contributed by atoms with Gasteiger partial charge in [0, 0.05) is 15.2 Å². The summed E-state index contributed by atoms with van der Waals surface area (Å²) < 4.78 is 6.57. The van der Waals surface area contributed by atoms with Crippen LogP contribution in [0.15, 0.2) is 40.9 Å². The van der Waals surface area contributed by atoms with Crippen molar-refractivity contribution in [3.05, 3.63) is 57.0 Å². The van der Waals surface area contributed by atoms with Gasteiger partial charge in [-0.05, 0) is 55.3 Å². The molecule has 0 aromatic heterocycles. The molecule has 1 amide bonds. The van der Waals surface area contributed by atoms with Gasteiger partial charge in [-0.25, -0.2) is 0 Å². The lowest BCUT2D eigenvalue weighted by atomic mass is 10.1. The van der Waals surface area contributed by atoms with Gasteiger partial charge in [0.15, 0.2) is 6.61 Å². The molecular weight excluding hydrogens is 354 g/mol. The number of hydrogen-bond donors (Lipinski definition) is 1. The summed E-state index contributed by atoms with van der Waals surface area (Å²) in [7, 11) is 0. The minimum absolute atomic E-state index is 0.0486. The van der Waals surface area contributed by atoms with E-state index in [4.69, 9.17) is 16.3 Å². The monoisotopic (exact) mass is 367 g/mol. The topological polar surface area (TPSA) is 38.3 Å². The molecule has 2 aromatic carbocycles. The Labute approximate surface area is 137 Å². The molecule has 0 heterocycles. The maximum atomic E-state index is 11.8. The van der Waals surface area contributed by atoms with E-state index in [-0.39, 0.29) is 12.5 Å². The molecule has 5 heteroatoms. The van der Waals surface area contributed by atoms with E-state index in [1.165, 1.54) is 0 Å². The molecule has 0 aliphatic rings. The fraction of sp³-hybridized carbons (Fsp3) is 0.188. The lowest BCUT2D eigenvalue weighted by molar-refractivity contribution is -0.118. The second-order valence-electron chi connectivity index (χ2n) is 4.72. The van der Waals surface area contributed by atoms with Crippen molar-refractivity contribution < 1.29 is 9.53 Å². The van der Waals surface area contributed by atoms with E-state index in [0.717, 1.165) is 15.6 Å². The van der Waals surface area contributed by atoms with E-state index < -0.39 is 0 Å². The lowest BCUT2D eigenvalue weighted by Gasteiger charge is -2.10. The molecule has 0 bridgehead atoms. The molecule has 0 saturated carbocycles. The van der Waals surface area contributed by atoms with Crippen LogP contribution < -0.4 is 10.1 Å². The van der Waals surface area contributed by atoms with E-state index >= 15 is 0 Å². The van der Waals surface area contributed by atoms with Crippen LogP contribution in [0, 0.1) is 13.8 Å². The van der Waals surface area contributed by atoms with Crippen molar-refractivity contribution in [2.75, 3.05) is 11.9 Å². The first-order chi connectivity index (χ1) is 9.95. The number of rotatable bonds is 4. The zero-order chi connectivity index (χ0) is 15.4. The molecular formula is C16H15BrClNO2. The minimum Gasteiger partial charge on any atom is -0.484 e. The first-order valence-electron chi connectivity index (χ1n) is 6.40. The normalized spacial score (nSPS) is 10.3. The minimum atomic E-state index is -0.226. The predicted molar refractivity (Wildman–Crippen MR) is 89.2 cm³/mol. The van der Waals surface area contributed by atoms with Gasteiger partial charge in [-0.3, -0.25) is 4.79 Å². The third kappa shape index (κ3) is 4.48. The lowest BCUT2D eigenvalue weighted by Crippen LogP contribution is -2.20. The van der Waals surface area contributed by atoms with Crippen LogP contribution in [0.4, 0.5) is 5.69 Å². The second kappa shape index (κ2) is 6.96. The highest BCUT2D eigenvalue weighted by Crippen LogP contribution is 2.26. The molecule has 0 aliphatic carbocycles. The van der Waals surface area contributed by atoms with Crippen molar-refractivity contribution in [1.29, 1.82) is 0 Å². The summed E-state index contributed by atoms with van der Waals surface area (Å²) in [6.07, 6.45) is 0. The van der Waals surface area contributed by atoms with E-state index in [1.54, 1.807) is 24.3 Å². The molecule has 2 aromatic rings. The third-order valence-electron chi connectivity index (χ3n) is 2.89. The van der Waals surface area contributed by atoms with Crippen LogP contribution in [-0.2, 0) is 4.79 Å². The molecule has 0 radical (unpaired) electrons. The average Bonchev–Trinajstić information content (AvgIpc) is 2.42. The fourth-order valence-corrected chi connectivity index (χ4v) is 2.32. The van der Waals surface area contributed by atoms with E-state index in [9.17, 15) is 4.79 Å². The van der Waals surface area contributed by atoms with Gasteiger partial charge < -0.3 is 10.1 Å². The van der Waals surface area contributed by atoms with Gasteiger partial charge in [0.05, 0.1) is 0 Å². The van der Waals surface area contributed by atoms with Crippen LogP contribution in [0.2, 0.25) is 5.02 Å². The van der Waals surface area contributed by atoms with Crippen LogP contribution in [-0.4, -0.2) is 12.5 Å². The number of carbonyl (C=O) groups is 1. The maximum absolute atomic E-state index is 11.8. The Balaban J connectivity index is 1.95. The summed E-state index contributed by atoms with van der Waals surface area (Å²) in [5.41, 5.74) is 2.79. The van der Waals surface area contributed by atoms with Gasteiger partial charge in [-0.1, -0.05) is 33.6 Å². The highest BCUT2D eigenvalue weighted by molar-refractivity contribution is 9.10. The number of halogens is 2. The molecule has 3 nitrogen and oxygen atoms in total. The number of ether oxygens (including phenoxy) is 1. The number of hydrogen-bond acceptors (Lipinski definition) is 2. The van der Waals surface area contributed by atoms with Crippen molar-refractivity contribution >= 4 is 39.1 Å². The molecule has 0 saturated heterocycles. The second-order valence-corrected chi connectivity index (χ2v) is 5.95. The van der Waals surface area contributed by atoms with Gasteiger partial charge in [-0.2, -0.15) is 0 Å². The van der Waals surface area contributed by atoms with Crippen LogP contribution >= 0.6 is 27.5 Å². The predicted octanol–water partition coefficient (Wildman–Crippen LogP) is 4.74. The number of nitrogens with one attached hydrogen (secondary N) is 1. The summed E-state index contributed by atoms with van der Waals surface area (Å²) in [6.45, 7) is 3.92. The van der Waals surface area contributed by atoms with Crippen LogP contribution in [0.25, 0.3) is 0 Å². The van der Waals surface area contributed by atoms with Gasteiger partial charge in [0.1, 0.15) is 5.75 Å². The van der Waals surface area contributed by atoms with E-state index in [1.807, 2.05) is 26.0 Å². The SMILES string of the molecule is Cc1cc(OCC(=O)Nc2cccc(Cl)c2)cc(C)c1Br. The molecule has 110 valence electrons. The largest absolute Gasteiger partial charge is 0.484 e. The molecule has 0 atom stereocenters. The Morgan fingerprint density at radius 1 is 1.24 bits per heavy atom. The van der Waals surface area contributed by atoms with E-state index in [2.05, 4.69) is 21.2 Å². The Hall–Kier alpha value is -1.52. The molecule has 0 fully saturated rings. The summed E-state index contributed by atoms with van der Waals surface area (Å²) in [6, 6.07) is 10.8. The first-order valence-corrected chi connectivity index (χ1v) is 7.58. The smallest absolute Gasteiger partial charge is 0.262 e. The summed E-state index contributed by atoms with van der Waals surface area (Å²) in [4.78, 5) is 11.8. The molecule has 1 N–H and O–H groups in total. The Bertz CT molecular complexity index is 650. The van der Waals surface area contributed by atoms with Crippen molar-refractivity contribution in [2.45, 2.75) is 13.8 Å². The van der Waals surface area contributed by atoms with Gasteiger partial charge in [0.2, 0.25) is 0 Å². The van der Waals surface area contributed by atoms with Crippen molar-refractivity contribution in [1.82, 2.24) is 0 Å². The van der Waals surface area contributed by atoms with Gasteiger partial charge in [-0.15, -0.1) is 0 Å². The number of benzene rings is 2. The van der Waals surface area contributed by atoms with E-state index in [0.29, 0.717) is 16.5 Å². The van der Waals surface area contributed by atoms with Gasteiger partial charge in [0.25, 0.3) is 5.91 Å². The third-order valence-corrected chi connectivity index (χ3v) is 4.37. The van der Waals surface area contributed by atoms with Crippen molar-refractivity contribution in [2.24, 2.45) is 0 Å². The highest BCUT2D eigenvalue weighted by atomic mass is 79.9. The highest BCUT2D eigenvalue weighted by Gasteiger charge is 2.07. The maximum Gasteiger partial charge on any atom is 0.262 e. The Morgan fingerprint density at radius 2 is 1.90 bits per heavy atom. The first kappa shape index (κ1) is 15.9. The molecule has 0 spiro atoms. The summed E-state index contributed by atoms with van der Waals surface area (Å²) in [5.74, 6) is 0.449. The zero-order valence-corrected chi connectivity index (χ0v) is 14.1. The quantitative estimate of drug-likeness (QED) is 0.846. The Kier molecular flexibility index (Phi) is 5.26. The number of anilines is 1. The van der Waals surface area contributed by atoms with Crippen molar-refractivity contribution in [3.8, 4) is 5.75 Å². The van der Waals surface area contributed by atoms with Gasteiger partial charge >= 0.3 is 0 Å². The summed E-state index contributed by atoms with van der Waals surface area (Å²) in [5, 5.41) is 3.31. The number of carbonyl (C=O) groups excluding carboxylic acids is 1. The molecule has 0 aliphatic heterocycles. The van der Waals surface area contributed by atoms with Crippen LogP contribution in [0.3, 0.4) is 0 Å². The number of aryl methyl sites for hydroxylation is 2. The standard InChI is InChI=1S/C16H15BrClNO2/c1-10-6-14(7-11(2)16(10)17)21-9-15(20)19-13-5-3-4-12(18)8-13/h3-8H,9H2,1-2H3,(H,19,20). The molecule has 21 heavy (non-hydrogen) atoms. The summed E-state index contributed by atoms with van der Waals surface area (Å²) >= 11 is 9.36. The van der Waals surface area contributed by atoms with Crippen LogP contribution in [0.5, 0.6) is 5.75 Å². The Morgan fingerprint density at radius 3 is 2.52 bits per heavy atom. The fourth-order valence-electron chi connectivity index (χ4n) is 1.90. The van der Waals surface area contributed by atoms with Crippen molar-refractivity contribution in [3.63, 3.8) is 0 Å². The number of amides is 1. The zero-order valence-electron chi connectivity index (χ0n) is 11.7. The average molecular weight is 369 g/mol. The molecule has 2 rings (SSSR count). The van der Waals surface area contributed by atoms with Crippen LogP contribution in [0.1, 0.15) is 11.1 Å².